The number of allylic oxidation sites excluding steroid dienone is 1. The van der Waals surface area contributed by atoms with Crippen molar-refractivity contribution in [3.8, 4) is 0 Å². The first-order valence-corrected chi connectivity index (χ1v) is 4.01. The Hall–Kier alpha value is -0.300. The fourth-order valence-corrected chi connectivity index (χ4v) is 1.69. The van der Waals surface area contributed by atoms with E-state index < -0.39 is 0 Å². The van der Waals surface area contributed by atoms with E-state index in [1.165, 1.54) is 31.5 Å². The minimum absolute atomic E-state index is 0.891. The number of hydrogen-bond acceptors (Lipinski definition) is 1. The average Bonchev–Trinajstić information content (AvgIpc) is 2.13. The molecular weight excluding hydrogens is 122 g/mol. The Balaban J connectivity index is 2.24. The van der Waals surface area contributed by atoms with Crippen molar-refractivity contribution in [2.45, 2.75) is 19.8 Å². The van der Waals surface area contributed by atoms with Crippen LogP contribution in [0.15, 0.2) is 12.2 Å². The van der Waals surface area contributed by atoms with Crippen molar-refractivity contribution in [1.29, 1.82) is 0 Å². The normalized spacial score (nSPS) is 27.2. The summed E-state index contributed by atoms with van der Waals surface area (Å²) in [5.41, 5.74) is 1.33. The summed E-state index contributed by atoms with van der Waals surface area (Å²) in [7, 11) is 2.19. The van der Waals surface area contributed by atoms with E-state index in [0.717, 1.165) is 5.92 Å². The molecule has 0 aromatic heterocycles. The van der Waals surface area contributed by atoms with Gasteiger partial charge in [0, 0.05) is 6.54 Å². The van der Waals surface area contributed by atoms with Gasteiger partial charge in [-0.2, -0.15) is 0 Å². The van der Waals surface area contributed by atoms with Crippen LogP contribution < -0.4 is 0 Å². The van der Waals surface area contributed by atoms with E-state index >= 15 is 0 Å². The molecule has 0 aromatic rings. The molecule has 1 nitrogen and oxygen atoms in total. The van der Waals surface area contributed by atoms with Crippen LogP contribution in [0, 0.1) is 5.92 Å². The summed E-state index contributed by atoms with van der Waals surface area (Å²) >= 11 is 0. The standard InChI is InChI=1S/C9H17N/c1-8(2)6-9-4-5-10(3)7-9/h9H,1,4-7H2,2-3H3. The molecular formula is C9H17N. The Morgan fingerprint density at radius 1 is 1.70 bits per heavy atom. The van der Waals surface area contributed by atoms with Gasteiger partial charge in [0.15, 0.2) is 0 Å². The van der Waals surface area contributed by atoms with Crippen LogP contribution in [0.1, 0.15) is 19.8 Å². The van der Waals surface area contributed by atoms with Crippen LogP contribution in [0.2, 0.25) is 0 Å². The summed E-state index contributed by atoms with van der Waals surface area (Å²) in [4.78, 5) is 2.40. The molecule has 0 N–H and O–H groups in total. The Morgan fingerprint density at radius 3 is 2.80 bits per heavy atom. The molecule has 1 heteroatoms. The highest BCUT2D eigenvalue weighted by molar-refractivity contribution is 4.92. The maximum absolute atomic E-state index is 3.93. The molecule has 58 valence electrons. The van der Waals surface area contributed by atoms with Crippen LogP contribution in [0.5, 0.6) is 0 Å². The lowest BCUT2D eigenvalue weighted by Gasteiger charge is -2.08. The minimum Gasteiger partial charge on any atom is -0.306 e. The Morgan fingerprint density at radius 2 is 2.40 bits per heavy atom. The molecule has 1 aliphatic rings. The highest BCUT2D eigenvalue weighted by Gasteiger charge is 2.18. The molecule has 1 atom stereocenters. The van der Waals surface area contributed by atoms with Gasteiger partial charge < -0.3 is 4.90 Å². The van der Waals surface area contributed by atoms with E-state index in [-0.39, 0.29) is 0 Å². The molecule has 0 amide bonds. The van der Waals surface area contributed by atoms with Crippen molar-refractivity contribution in [2.75, 3.05) is 20.1 Å². The van der Waals surface area contributed by atoms with Crippen LogP contribution in [-0.4, -0.2) is 25.0 Å². The third kappa shape index (κ3) is 2.14. The fourth-order valence-electron chi connectivity index (χ4n) is 1.69. The summed E-state index contributed by atoms with van der Waals surface area (Å²) in [6.45, 7) is 8.59. The van der Waals surface area contributed by atoms with Crippen LogP contribution in [0.4, 0.5) is 0 Å². The predicted octanol–water partition coefficient (Wildman–Crippen LogP) is 1.90. The van der Waals surface area contributed by atoms with Crippen LogP contribution in [-0.2, 0) is 0 Å². The van der Waals surface area contributed by atoms with Gasteiger partial charge in [0.2, 0.25) is 0 Å². The molecule has 0 aliphatic carbocycles. The summed E-state index contributed by atoms with van der Waals surface area (Å²) in [5.74, 6) is 0.891. The predicted molar refractivity (Wildman–Crippen MR) is 45.0 cm³/mol. The molecule has 1 heterocycles. The van der Waals surface area contributed by atoms with Crippen molar-refractivity contribution >= 4 is 0 Å². The molecule has 1 fully saturated rings. The van der Waals surface area contributed by atoms with E-state index in [2.05, 4.69) is 25.5 Å². The topological polar surface area (TPSA) is 3.24 Å². The van der Waals surface area contributed by atoms with E-state index in [0.29, 0.717) is 0 Å². The molecule has 1 unspecified atom stereocenters. The van der Waals surface area contributed by atoms with E-state index in [4.69, 9.17) is 0 Å². The number of nitrogens with zero attached hydrogens (tertiary/aromatic N) is 1. The molecule has 0 saturated carbocycles. The maximum Gasteiger partial charge on any atom is 0.00101 e. The molecule has 1 saturated heterocycles. The van der Waals surface area contributed by atoms with Gasteiger partial charge in [0.1, 0.15) is 0 Å². The van der Waals surface area contributed by atoms with E-state index in [1.54, 1.807) is 0 Å². The van der Waals surface area contributed by atoms with Crippen molar-refractivity contribution in [3.05, 3.63) is 12.2 Å². The monoisotopic (exact) mass is 139 g/mol. The second-order valence-corrected chi connectivity index (χ2v) is 3.58. The van der Waals surface area contributed by atoms with Crippen molar-refractivity contribution < 1.29 is 0 Å². The summed E-state index contributed by atoms with van der Waals surface area (Å²) in [6, 6.07) is 0. The highest BCUT2D eigenvalue weighted by Crippen LogP contribution is 2.20. The molecule has 0 aromatic carbocycles. The van der Waals surface area contributed by atoms with E-state index in [9.17, 15) is 0 Å². The second-order valence-electron chi connectivity index (χ2n) is 3.58. The molecule has 1 rings (SSSR count). The van der Waals surface area contributed by atoms with Gasteiger partial charge in [0.25, 0.3) is 0 Å². The zero-order valence-corrected chi connectivity index (χ0v) is 7.06. The van der Waals surface area contributed by atoms with Crippen molar-refractivity contribution in [1.82, 2.24) is 4.90 Å². The number of likely N-dealkylation sites (tertiary alicyclic amines) is 1. The minimum atomic E-state index is 0.891. The lowest BCUT2D eigenvalue weighted by molar-refractivity contribution is 0.394. The van der Waals surface area contributed by atoms with Gasteiger partial charge >= 0.3 is 0 Å². The maximum atomic E-state index is 3.93. The highest BCUT2D eigenvalue weighted by atomic mass is 15.1. The van der Waals surface area contributed by atoms with Gasteiger partial charge in [-0.25, -0.2) is 0 Å². The van der Waals surface area contributed by atoms with Crippen LogP contribution >= 0.6 is 0 Å². The van der Waals surface area contributed by atoms with Crippen LogP contribution in [0.3, 0.4) is 0 Å². The Labute approximate surface area is 63.7 Å². The zero-order valence-electron chi connectivity index (χ0n) is 7.06. The number of rotatable bonds is 2. The zero-order chi connectivity index (χ0) is 7.56. The Kier molecular flexibility index (Phi) is 2.50. The third-order valence-electron chi connectivity index (χ3n) is 2.13. The quantitative estimate of drug-likeness (QED) is 0.528. The first-order chi connectivity index (χ1) is 4.68. The summed E-state index contributed by atoms with van der Waals surface area (Å²) in [5, 5.41) is 0. The SMILES string of the molecule is C=C(C)CC1CCN(C)C1. The molecule has 1 aliphatic heterocycles. The van der Waals surface area contributed by atoms with Crippen molar-refractivity contribution in [3.63, 3.8) is 0 Å². The van der Waals surface area contributed by atoms with Gasteiger partial charge in [-0.1, -0.05) is 5.57 Å². The molecule has 0 radical (unpaired) electrons. The summed E-state index contributed by atoms with van der Waals surface area (Å²) < 4.78 is 0. The molecule has 0 bridgehead atoms. The number of hydrogen-bond donors (Lipinski definition) is 0. The first-order valence-electron chi connectivity index (χ1n) is 4.01. The van der Waals surface area contributed by atoms with Gasteiger partial charge in [-0.15, -0.1) is 6.58 Å². The fraction of sp³-hybridized carbons (Fsp3) is 0.778. The smallest absolute Gasteiger partial charge is 0.00101 e. The van der Waals surface area contributed by atoms with Gasteiger partial charge in [-0.05, 0) is 39.3 Å². The van der Waals surface area contributed by atoms with Gasteiger partial charge in [0.05, 0.1) is 0 Å². The van der Waals surface area contributed by atoms with Crippen molar-refractivity contribution in [2.24, 2.45) is 5.92 Å². The average molecular weight is 139 g/mol. The molecule has 10 heavy (non-hydrogen) atoms. The lowest BCUT2D eigenvalue weighted by Crippen LogP contribution is -2.13. The summed E-state index contributed by atoms with van der Waals surface area (Å²) in [6.07, 6.45) is 2.59. The first kappa shape index (κ1) is 7.80. The largest absolute Gasteiger partial charge is 0.306 e. The Bertz CT molecular complexity index is 129. The third-order valence-corrected chi connectivity index (χ3v) is 2.13. The second kappa shape index (κ2) is 3.20. The molecule has 0 spiro atoms. The lowest BCUT2D eigenvalue weighted by atomic mass is 10.0. The van der Waals surface area contributed by atoms with Crippen LogP contribution in [0.25, 0.3) is 0 Å². The van der Waals surface area contributed by atoms with Gasteiger partial charge in [-0.3, -0.25) is 0 Å². The van der Waals surface area contributed by atoms with E-state index in [1.807, 2.05) is 0 Å².